The number of nitrogens with zero attached hydrogens (tertiary/aromatic N) is 3. The van der Waals surface area contributed by atoms with E-state index in [1.807, 2.05) is 49.0 Å². The SMILES string of the molecule is Cc1ncn(-c2ccc(NC(=O)C3(c4ccno4)CCC3)cc2)c1C. The summed E-state index contributed by atoms with van der Waals surface area (Å²) in [6.45, 7) is 4.03. The fraction of sp³-hybridized carbons (Fsp3) is 0.316. The maximum absolute atomic E-state index is 12.8. The maximum Gasteiger partial charge on any atom is 0.238 e. The molecule has 1 aliphatic carbocycles. The van der Waals surface area contributed by atoms with Gasteiger partial charge >= 0.3 is 0 Å². The van der Waals surface area contributed by atoms with Gasteiger partial charge in [0, 0.05) is 23.1 Å². The molecule has 0 radical (unpaired) electrons. The first-order valence-corrected chi connectivity index (χ1v) is 8.44. The van der Waals surface area contributed by atoms with Gasteiger partial charge in [-0.3, -0.25) is 4.79 Å². The van der Waals surface area contributed by atoms with Crippen LogP contribution in [0.3, 0.4) is 0 Å². The molecule has 0 unspecified atom stereocenters. The molecule has 1 aromatic carbocycles. The Balaban J connectivity index is 1.53. The van der Waals surface area contributed by atoms with Crippen molar-refractivity contribution in [1.29, 1.82) is 0 Å². The van der Waals surface area contributed by atoms with Crippen LogP contribution in [-0.2, 0) is 10.2 Å². The molecule has 4 rings (SSSR count). The summed E-state index contributed by atoms with van der Waals surface area (Å²) in [7, 11) is 0. The van der Waals surface area contributed by atoms with Crippen LogP contribution in [0.5, 0.6) is 0 Å². The van der Waals surface area contributed by atoms with Crippen molar-refractivity contribution in [1.82, 2.24) is 14.7 Å². The van der Waals surface area contributed by atoms with Crippen molar-refractivity contribution in [3.05, 3.63) is 60.0 Å². The highest BCUT2D eigenvalue weighted by molar-refractivity contribution is 5.99. The van der Waals surface area contributed by atoms with Crippen LogP contribution in [0, 0.1) is 13.8 Å². The number of nitrogens with one attached hydrogen (secondary N) is 1. The minimum atomic E-state index is -0.576. The van der Waals surface area contributed by atoms with E-state index in [4.69, 9.17) is 4.52 Å². The number of benzene rings is 1. The quantitative estimate of drug-likeness (QED) is 0.791. The lowest BCUT2D eigenvalue weighted by Crippen LogP contribution is -2.45. The molecular weight excluding hydrogens is 316 g/mol. The lowest BCUT2D eigenvalue weighted by atomic mass is 9.66. The summed E-state index contributed by atoms with van der Waals surface area (Å²) in [5, 5.41) is 6.77. The Morgan fingerprint density at radius 1 is 1.20 bits per heavy atom. The van der Waals surface area contributed by atoms with E-state index in [0.717, 1.165) is 42.0 Å². The third-order valence-corrected chi connectivity index (χ3v) is 5.21. The standard InChI is InChI=1S/C19H20N4O2/c1-13-14(2)23(12-20-13)16-6-4-15(5-7-16)22-18(24)19(9-3-10-19)17-8-11-21-25-17/h4-8,11-12H,3,9-10H2,1-2H3,(H,22,24). The van der Waals surface area contributed by atoms with Crippen LogP contribution >= 0.6 is 0 Å². The van der Waals surface area contributed by atoms with Crippen molar-refractivity contribution in [3.63, 3.8) is 0 Å². The number of amides is 1. The van der Waals surface area contributed by atoms with E-state index >= 15 is 0 Å². The smallest absolute Gasteiger partial charge is 0.238 e. The highest BCUT2D eigenvalue weighted by atomic mass is 16.5. The van der Waals surface area contributed by atoms with Crippen LogP contribution in [0.15, 0.2) is 47.4 Å². The van der Waals surface area contributed by atoms with E-state index in [2.05, 4.69) is 15.5 Å². The van der Waals surface area contributed by atoms with Gasteiger partial charge in [-0.1, -0.05) is 11.6 Å². The minimum Gasteiger partial charge on any atom is -0.360 e. The maximum atomic E-state index is 12.8. The number of rotatable bonds is 4. The van der Waals surface area contributed by atoms with Gasteiger partial charge < -0.3 is 14.4 Å². The Morgan fingerprint density at radius 3 is 2.48 bits per heavy atom. The largest absolute Gasteiger partial charge is 0.360 e. The average molecular weight is 336 g/mol. The second kappa shape index (κ2) is 5.88. The van der Waals surface area contributed by atoms with E-state index in [1.165, 1.54) is 0 Å². The number of anilines is 1. The molecule has 1 aliphatic rings. The summed E-state index contributed by atoms with van der Waals surface area (Å²) in [5.74, 6) is 0.621. The zero-order valence-corrected chi connectivity index (χ0v) is 14.3. The number of carbonyl (C=O) groups excluding carboxylic acids is 1. The topological polar surface area (TPSA) is 73.0 Å². The van der Waals surface area contributed by atoms with Gasteiger partial charge in [0.15, 0.2) is 5.76 Å². The normalized spacial score (nSPS) is 15.6. The predicted molar refractivity (Wildman–Crippen MR) is 93.7 cm³/mol. The van der Waals surface area contributed by atoms with Crippen LogP contribution in [0.1, 0.15) is 36.4 Å². The molecule has 25 heavy (non-hydrogen) atoms. The number of hydrogen-bond donors (Lipinski definition) is 1. The van der Waals surface area contributed by atoms with E-state index < -0.39 is 5.41 Å². The van der Waals surface area contributed by atoms with Crippen LogP contribution < -0.4 is 5.32 Å². The van der Waals surface area contributed by atoms with Gasteiger partial charge in [0.25, 0.3) is 0 Å². The molecule has 1 saturated carbocycles. The number of aromatic nitrogens is 3. The fourth-order valence-electron chi connectivity index (χ4n) is 3.29. The van der Waals surface area contributed by atoms with Gasteiger partial charge in [-0.05, 0) is 51.0 Å². The number of hydrogen-bond acceptors (Lipinski definition) is 4. The zero-order chi connectivity index (χ0) is 17.4. The van der Waals surface area contributed by atoms with Crippen molar-refractivity contribution in [3.8, 4) is 5.69 Å². The summed E-state index contributed by atoms with van der Waals surface area (Å²) in [6, 6.07) is 9.56. The Bertz CT molecular complexity index is 890. The Kier molecular flexibility index (Phi) is 3.67. The zero-order valence-electron chi connectivity index (χ0n) is 14.3. The summed E-state index contributed by atoms with van der Waals surface area (Å²) >= 11 is 0. The van der Waals surface area contributed by atoms with Gasteiger partial charge in [0.2, 0.25) is 5.91 Å². The highest BCUT2D eigenvalue weighted by Gasteiger charge is 2.48. The predicted octanol–water partition coefficient (Wildman–Crippen LogP) is 3.54. The summed E-state index contributed by atoms with van der Waals surface area (Å²) in [4.78, 5) is 17.1. The summed E-state index contributed by atoms with van der Waals surface area (Å²) < 4.78 is 7.30. The molecule has 0 bridgehead atoms. The molecule has 1 fully saturated rings. The molecule has 1 N–H and O–H groups in total. The molecule has 128 valence electrons. The van der Waals surface area contributed by atoms with Crippen molar-refractivity contribution in [2.24, 2.45) is 0 Å². The number of carbonyl (C=O) groups is 1. The summed E-state index contributed by atoms with van der Waals surface area (Å²) in [6.07, 6.45) is 6.00. The van der Waals surface area contributed by atoms with Crippen molar-refractivity contribution >= 4 is 11.6 Å². The molecule has 0 spiro atoms. The Morgan fingerprint density at radius 2 is 1.96 bits per heavy atom. The molecule has 0 atom stereocenters. The molecule has 0 aliphatic heterocycles. The molecular formula is C19H20N4O2. The molecule has 0 saturated heterocycles. The molecule has 3 aromatic rings. The molecule has 6 heteroatoms. The number of imidazole rings is 1. The first-order chi connectivity index (χ1) is 12.1. The van der Waals surface area contributed by atoms with Gasteiger partial charge in [0.05, 0.1) is 18.2 Å². The molecule has 1 amide bonds. The third-order valence-electron chi connectivity index (χ3n) is 5.21. The molecule has 2 heterocycles. The van der Waals surface area contributed by atoms with E-state index in [1.54, 1.807) is 12.3 Å². The lowest BCUT2D eigenvalue weighted by Gasteiger charge is -2.37. The van der Waals surface area contributed by atoms with Crippen LogP contribution in [0.4, 0.5) is 5.69 Å². The fourth-order valence-corrected chi connectivity index (χ4v) is 3.29. The van der Waals surface area contributed by atoms with Crippen LogP contribution in [0.25, 0.3) is 5.69 Å². The summed E-state index contributed by atoms with van der Waals surface area (Å²) in [5.41, 5.74) is 3.33. The molecule has 6 nitrogen and oxygen atoms in total. The average Bonchev–Trinajstić information content (AvgIpc) is 3.19. The van der Waals surface area contributed by atoms with Crippen molar-refractivity contribution in [2.45, 2.75) is 38.5 Å². The Hall–Kier alpha value is -2.89. The first-order valence-electron chi connectivity index (χ1n) is 8.44. The van der Waals surface area contributed by atoms with E-state index in [-0.39, 0.29) is 5.91 Å². The van der Waals surface area contributed by atoms with E-state index in [9.17, 15) is 4.79 Å². The lowest BCUT2D eigenvalue weighted by molar-refractivity contribution is -0.125. The third kappa shape index (κ3) is 2.54. The molecule has 2 aromatic heterocycles. The minimum absolute atomic E-state index is 0.0297. The van der Waals surface area contributed by atoms with Crippen molar-refractivity contribution < 1.29 is 9.32 Å². The number of aryl methyl sites for hydroxylation is 1. The van der Waals surface area contributed by atoms with Gasteiger partial charge in [-0.15, -0.1) is 0 Å². The first kappa shape index (κ1) is 15.6. The van der Waals surface area contributed by atoms with Crippen LogP contribution in [0.2, 0.25) is 0 Å². The second-order valence-electron chi connectivity index (χ2n) is 6.60. The van der Waals surface area contributed by atoms with Gasteiger partial charge in [-0.2, -0.15) is 0 Å². The monoisotopic (exact) mass is 336 g/mol. The van der Waals surface area contributed by atoms with Crippen LogP contribution in [-0.4, -0.2) is 20.6 Å². The highest BCUT2D eigenvalue weighted by Crippen LogP contribution is 2.44. The van der Waals surface area contributed by atoms with Gasteiger partial charge in [-0.25, -0.2) is 4.98 Å². The second-order valence-corrected chi connectivity index (χ2v) is 6.60. The van der Waals surface area contributed by atoms with Gasteiger partial charge in [0.1, 0.15) is 5.41 Å². The van der Waals surface area contributed by atoms with Crippen molar-refractivity contribution in [2.75, 3.05) is 5.32 Å². The Labute approximate surface area is 145 Å². The van der Waals surface area contributed by atoms with E-state index in [0.29, 0.717) is 5.76 Å².